The molecule has 0 bridgehead atoms. The highest BCUT2D eigenvalue weighted by Crippen LogP contribution is 2.24. The highest BCUT2D eigenvalue weighted by Gasteiger charge is 2.19. The molecule has 0 radical (unpaired) electrons. The molecule has 0 spiro atoms. The van der Waals surface area contributed by atoms with Gasteiger partial charge in [0.25, 0.3) is 5.91 Å². The fourth-order valence-electron chi connectivity index (χ4n) is 1.62. The van der Waals surface area contributed by atoms with Gasteiger partial charge in [-0.25, -0.2) is 9.78 Å². The SMILES string of the molecule is CO.COC(=O)NC(=O)C(=N)c1ccccc1Oc1cc(=S)nc[nH]1. The summed E-state index contributed by atoms with van der Waals surface area (Å²) < 4.78 is 10.2. The van der Waals surface area contributed by atoms with Gasteiger partial charge in [0.1, 0.15) is 16.1 Å². The van der Waals surface area contributed by atoms with E-state index >= 15 is 0 Å². The van der Waals surface area contributed by atoms with E-state index in [2.05, 4.69) is 14.7 Å². The predicted molar refractivity (Wildman–Crippen MR) is 91.5 cm³/mol. The molecule has 25 heavy (non-hydrogen) atoms. The fourth-order valence-corrected chi connectivity index (χ4v) is 1.78. The minimum Gasteiger partial charge on any atom is -0.453 e. The zero-order chi connectivity index (χ0) is 18.8. The van der Waals surface area contributed by atoms with Gasteiger partial charge in [0.2, 0.25) is 5.88 Å². The summed E-state index contributed by atoms with van der Waals surface area (Å²) in [5, 5.41) is 16.8. The molecule has 10 heteroatoms. The number of carbonyl (C=O) groups is 2. The standard InChI is InChI=1S/C14H12N4O4S.CH4O/c1-21-14(20)18-13(19)12(15)8-4-2-3-5-9(8)22-10-6-11(23)17-7-16-10;1-2/h2-7,15H,1H3,(H,16,17,23)(H,18,19,20);2H,1H3. The van der Waals surface area contributed by atoms with Gasteiger partial charge in [0.15, 0.2) is 0 Å². The average Bonchev–Trinajstić information content (AvgIpc) is 2.63. The Morgan fingerprint density at radius 1 is 1.32 bits per heavy atom. The van der Waals surface area contributed by atoms with Crippen LogP contribution in [-0.4, -0.2) is 47.0 Å². The second-order valence-corrected chi connectivity index (χ2v) is 4.59. The monoisotopic (exact) mass is 364 g/mol. The molecular weight excluding hydrogens is 348 g/mol. The molecule has 0 saturated heterocycles. The second kappa shape index (κ2) is 9.90. The largest absolute Gasteiger partial charge is 0.453 e. The lowest BCUT2D eigenvalue weighted by Gasteiger charge is -2.11. The highest BCUT2D eigenvalue weighted by atomic mass is 32.1. The number of aromatic amines is 1. The van der Waals surface area contributed by atoms with Crippen molar-refractivity contribution in [3.8, 4) is 11.6 Å². The van der Waals surface area contributed by atoms with Crippen LogP contribution in [0.1, 0.15) is 5.56 Å². The van der Waals surface area contributed by atoms with Gasteiger partial charge in [-0.2, -0.15) is 0 Å². The van der Waals surface area contributed by atoms with Crippen LogP contribution in [0.4, 0.5) is 4.79 Å². The van der Waals surface area contributed by atoms with E-state index in [0.717, 1.165) is 14.2 Å². The van der Waals surface area contributed by atoms with Crippen LogP contribution in [0.15, 0.2) is 36.7 Å². The minimum absolute atomic E-state index is 0.199. The Balaban J connectivity index is 0.00000151. The number of rotatable bonds is 4. The number of para-hydroxylation sites is 1. The first kappa shape index (κ1) is 19.9. The van der Waals surface area contributed by atoms with Crippen LogP contribution in [0.5, 0.6) is 11.6 Å². The van der Waals surface area contributed by atoms with Crippen molar-refractivity contribution >= 4 is 29.9 Å². The molecule has 0 aliphatic carbocycles. The summed E-state index contributed by atoms with van der Waals surface area (Å²) in [6.07, 6.45) is 0.423. The van der Waals surface area contributed by atoms with E-state index in [9.17, 15) is 9.59 Å². The normalized spacial score (nSPS) is 9.24. The van der Waals surface area contributed by atoms with Crippen molar-refractivity contribution in [1.82, 2.24) is 15.3 Å². The Hall–Kier alpha value is -3.11. The minimum atomic E-state index is -0.948. The Morgan fingerprint density at radius 3 is 2.64 bits per heavy atom. The number of hydrogen-bond donors (Lipinski definition) is 4. The number of H-pyrrole nitrogens is 1. The van der Waals surface area contributed by atoms with E-state index in [-0.39, 0.29) is 11.3 Å². The van der Waals surface area contributed by atoms with Crippen molar-refractivity contribution in [3.63, 3.8) is 0 Å². The lowest BCUT2D eigenvalue weighted by molar-refractivity contribution is -0.114. The van der Waals surface area contributed by atoms with Gasteiger partial charge in [-0.05, 0) is 12.1 Å². The summed E-state index contributed by atoms with van der Waals surface area (Å²) in [6, 6.07) is 7.90. The van der Waals surface area contributed by atoms with Gasteiger partial charge in [0.05, 0.1) is 13.4 Å². The second-order valence-electron chi connectivity index (χ2n) is 4.17. The van der Waals surface area contributed by atoms with Crippen molar-refractivity contribution in [3.05, 3.63) is 46.9 Å². The lowest BCUT2D eigenvalue weighted by atomic mass is 10.1. The van der Waals surface area contributed by atoms with E-state index in [0.29, 0.717) is 10.5 Å². The molecule has 1 aromatic carbocycles. The molecule has 132 valence electrons. The van der Waals surface area contributed by atoms with Crippen LogP contribution in [0, 0.1) is 10.0 Å². The first-order chi connectivity index (χ1) is 12.0. The summed E-state index contributed by atoms with van der Waals surface area (Å²) >= 11 is 4.93. The van der Waals surface area contributed by atoms with Crippen LogP contribution in [-0.2, 0) is 9.53 Å². The number of hydrogen-bond acceptors (Lipinski definition) is 8. The maximum atomic E-state index is 11.8. The number of alkyl carbamates (subject to hydrolysis) is 1. The molecule has 1 heterocycles. The van der Waals surface area contributed by atoms with Crippen molar-refractivity contribution in [2.75, 3.05) is 14.2 Å². The molecular formula is C15H16N4O5S. The Kier molecular flexibility index (Phi) is 7.90. The van der Waals surface area contributed by atoms with Crippen molar-refractivity contribution in [2.45, 2.75) is 0 Å². The first-order valence-corrected chi connectivity index (χ1v) is 7.16. The van der Waals surface area contributed by atoms with Gasteiger partial charge in [0, 0.05) is 18.7 Å². The molecule has 1 aromatic heterocycles. The number of ether oxygens (including phenoxy) is 2. The van der Waals surface area contributed by atoms with E-state index in [1.165, 1.54) is 18.5 Å². The van der Waals surface area contributed by atoms with Crippen LogP contribution < -0.4 is 10.1 Å². The molecule has 9 nitrogen and oxygen atoms in total. The third kappa shape index (κ3) is 5.79. The Labute approximate surface area is 148 Å². The van der Waals surface area contributed by atoms with Gasteiger partial charge < -0.3 is 19.6 Å². The zero-order valence-electron chi connectivity index (χ0n) is 13.4. The third-order valence-electron chi connectivity index (χ3n) is 2.66. The Bertz CT molecular complexity index is 821. The summed E-state index contributed by atoms with van der Waals surface area (Å²) in [7, 11) is 2.12. The number of benzene rings is 1. The summed E-state index contributed by atoms with van der Waals surface area (Å²) in [6.45, 7) is 0. The smallest absolute Gasteiger partial charge is 0.413 e. The van der Waals surface area contributed by atoms with Crippen molar-refractivity contribution in [1.29, 1.82) is 5.41 Å². The van der Waals surface area contributed by atoms with Crippen LogP contribution in [0.25, 0.3) is 0 Å². The number of nitrogens with zero attached hydrogens (tertiary/aromatic N) is 1. The number of aliphatic hydroxyl groups is 1. The molecule has 2 aromatic rings. The molecule has 0 atom stereocenters. The lowest BCUT2D eigenvalue weighted by Crippen LogP contribution is -2.36. The van der Waals surface area contributed by atoms with Gasteiger partial charge in [-0.1, -0.05) is 24.4 Å². The molecule has 2 rings (SSSR count). The van der Waals surface area contributed by atoms with E-state index in [1.807, 2.05) is 5.32 Å². The maximum absolute atomic E-state index is 11.8. The van der Waals surface area contributed by atoms with E-state index < -0.39 is 17.7 Å². The molecule has 4 N–H and O–H groups in total. The summed E-state index contributed by atoms with van der Waals surface area (Å²) in [5.41, 5.74) is -0.247. The van der Waals surface area contributed by atoms with Gasteiger partial charge >= 0.3 is 6.09 Å². The molecule has 2 amide bonds. The number of amides is 2. The van der Waals surface area contributed by atoms with Gasteiger partial charge in [-0.15, -0.1) is 0 Å². The molecule has 0 aliphatic heterocycles. The number of aliphatic hydroxyl groups excluding tert-OH is 1. The zero-order valence-corrected chi connectivity index (χ0v) is 14.2. The first-order valence-electron chi connectivity index (χ1n) is 6.76. The van der Waals surface area contributed by atoms with Crippen molar-refractivity contribution < 1.29 is 24.2 Å². The van der Waals surface area contributed by atoms with E-state index in [1.54, 1.807) is 18.2 Å². The van der Waals surface area contributed by atoms with Crippen LogP contribution in [0.3, 0.4) is 0 Å². The van der Waals surface area contributed by atoms with E-state index in [4.69, 9.17) is 27.5 Å². The number of nitrogens with one attached hydrogen (secondary N) is 3. The third-order valence-corrected chi connectivity index (χ3v) is 2.88. The van der Waals surface area contributed by atoms with Crippen LogP contribution in [0.2, 0.25) is 0 Å². The highest BCUT2D eigenvalue weighted by molar-refractivity contribution is 7.71. The van der Waals surface area contributed by atoms with Gasteiger partial charge in [-0.3, -0.25) is 15.5 Å². The number of methoxy groups -OCH3 is 1. The van der Waals surface area contributed by atoms with Crippen LogP contribution >= 0.6 is 12.2 Å². The van der Waals surface area contributed by atoms with Crippen molar-refractivity contribution in [2.24, 2.45) is 0 Å². The number of aromatic nitrogens is 2. The predicted octanol–water partition coefficient (Wildman–Crippen LogP) is 1.79. The molecule has 0 fully saturated rings. The molecule has 0 unspecified atom stereocenters. The summed E-state index contributed by atoms with van der Waals surface area (Å²) in [5.74, 6) is -0.358. The quantitative estimate of drug-likeness (QED) is 0.479. The Morgan fingerprint density at radius 2 is 2.00 bits per heavy atom. The average molecular weight is 364 g/mol. The number of imide groups is 1. The maximum Gasteiger partial charge on any atom is 0.413 e. The summed E-state index contributed by atoms with van der Waals surface area (Å²) in [4.78, 5) is 29.5. The molecule has 0 saturated carbocycles. The number of carbonyl (C=O) groups excluding carboxylic acids is 2. The fraction of sp³-hybridized carbons (Fsp3) is 0.133. The molecule has 0 aliphatic rings. The topological polar surface area (TPSA) is 137 Å².